The number of anilines is 1. The SMILES string of the molecule is COC(=O)c1sc(N)c(C(=O)OC)c1COC(=O)COc1ccccc1C. The molecule has 0 aliphatic rings. The van der Waals surface area contributed by atoms with Gasteiger partial charge in [0.05, 0.1) is 14.2 Å². The summed E-state index contributed by atoms with van der Waals surface area (Å²) in [6, 6.07) is 7.21. The van der Waals surface area contributed by atoms with E-state index < -0.39 is 17.9 Å². The van der Waals surface area contributed by atoms with E-state index in [4.69, 9.17) is 15.2 Å². The lowest BCUT2D eigenvalue weighted by Crippen LogP contribution is -2.17. The average molecular weight is 393 g/mol. The molecule has 0 amide bonds. The van der Waals surface area contributed by atoms with Crippen molar-refractivity contribution >= 4 is 34.2 Å². The van der Waals surface area contributed by atoms with Gasteiger partial charge in [0.2, 0.25) is 0 Å². The maximum Gasteiger partial charge on any atom is 0.348 e. The highest BCUT2D eigenvalue weighted by atomic mass is 32.1. The molecule has 0 aliphatic heterocycles. The molecule has 0 saturated heterocycles. The third-order valence-corrected chi connectivity index (χ3v) is 4.65. The Morgan fingerprint density at radius 1 is 1.07 bits per heavy atom. The van der Waals surface area contributed by atoms with E-state index in [2.05, 4.69) is 9.47 Å². The number of hydrogen-bond acceptors (Lipinski definition) is 9. The molecule has 0 radical (unpaired) electrons. The number of hydrogen-bond donors (Lipinski definition) is 1. The van der Waals surface area contributed by atoms with Gasteiger partial charge in [-0.15, -0.1) is 11.3 Å². The number of nitrogens with two attached hydrogens (primary N) is 1. The third kappa shape index (κ3) is 4.76. The number of para-hydroxylation sites is 1. The maximum atomic E-state index is 12.0. The van der Waals surface area contributed by atoms with Crippen molar-refractivity contribution in [1.29, 1.82) is 0 Å². The zero-order valence-corrected chi connectivity index (χ0v) is 15.9. The predicted molar refractivity (Wildman–Crippen MR) is 97.9 cm³/mol. The van der Waals surface area contributed by atoms with Gasteiger partial charge in [-0.2, -0.15) is 0 Å². The van der Waals surface area contributed by atoms with Gasteiger partial charge in [-0.1, -0.05) is 18.2 Å². The first kappa shape index (κ1) is 20.2. The summed E-state index contributed by atoms with van der Waals surface area (Å²) in [5.41, 5.74) is 6.81. The van der Waals surface area contributed by atoms with Gasteiger partial charge < -0.3 is 24.7 Å². The number of thiophene rings is 1. The lowest BCUT2D eigenvalue weighted by molar-refractivity contribution is -0.147. The van der Waals surface area contributed by atoms with E-state index >= 15 is 0 Å². The van der Waals surface area contributed by atoms with Crippen LogP contribution in [0, 0.1) is 6.92 Å². The molecule has 1 aromatic carbocycles. The predicted octanol–water partition coefficient (Wildman–Crippen LogP) is 2.33. The highest BCUT2D eigenvalue weighted by Gasteiger charge is 2.28. The van der Waals surface area contributed by atoms with E-state index in [0.717, 1.165) is 16.9 Å². The second-order valence-corrected chi connectivity index (χ2v) is 6.40. The molecular weight excluding hydrogens is 374 g/mol. The molecule has 0 bridgehead atoms. The fraction of sp³-hybridized carbons (Fsp3) is 0.278. The van der Waals surface area contributed by atoms with Gasteiger partial charge in [-0.3, -0.25) is 0 Å². The molecule has 2 rings (SSSR count). The molecule has 2 N–H and O–H groups in total. The van der Waals surface area contributed by atoms with Crippen molar-refractivity contribution in [3.63, 3.8) is 0 Å². The molecule has 1 aromatic heterocycles. The molecule has 27 heavy (non-hydrogen) atoms. The van der Waals surface area contributed by atoms with Gasteiger partial charge in [-0.25, -0.2) is 14.4 Å². The maximum absolute atomic E-state index is 12.0. The largest absolute Gasteiger partial charge is 0.482 e. The Labute approximate surface area is 159 Å². The highest BCUT2D eigenvalue weighted by molar-refractivity contribution is 7.18. The van der Waals surface area contributed by atoms with Gasteiger partial charge >= 0.3 is 17.9 Å². The summed E-state index contributed by atoms with van der Waals surface area (Å²) in [5.74, 6) is -1.54. The quantitative estimate of drug-likeness (QED) is 0.563. The molecule has 0 atom stereocenters. The minimum atomic E-state index is -0.735. The topological polar surface area (TPSA) is 114 Å². The van der Waals surface area contributed by atoms with E-state index in [-0.39, 0.29) is 34.2 Å². The fourth-order valence-corrected chi connectivity index (χ4v) is 3.23. The number of aryl methyl sites for hydroxylation is 1. The summed E-state index contributed by atoms with van der Waals surface area (Å²) in [5, 5.41) is 0.0736. The number of methoxy groups -OCH3 is 2. The number of benzene rings is 1. The zero-order valence-electron chi connectivity index (χ0n) is 15.1. The fourth-order valence-electron chi connectivity index (χ4n) is 2.26. The van der Waals surface area contributed by atoms with E-state index in [1.165, 1.54) is 14.2 Å². The van der Waals surface area contributed by atoms with Crippen molar-refractivity contribution in [1.82, 2.24) is 0 Å². The standard InChI is InChI=1S/C18H19NO7S/c1-10-6-4-5-7-12(10)25-9-13(20)26-8-11-14(17(21)23-2)16(19)27-15(11)18(22)24-3/h4-7H,8-9,19H2,1-3H3. The lowest BCUT2D eigenvalue weighted by Gasteiger charge is -2.10. The van der Waals surface area contributed by atoms with Crippen LogP contribution < -0.4 is 10.5 Å². The average Bonchev–Trinajstić information content (AvgIpc) is 3.00. The Hall–Kier alpha value is -3.07. The number of ether oxygens (including phenoxy) is 4. The van der Waals surface area contributed by atoms with E-state index in [1.54, 1.807) is 12.1 Å². The normalized spacial score (nSPS) is 10.2. The van der Waals surface area contributed by atoms with Crippen LogP contribution >= 0.6 is 11.3 Å². The molecule has 9 heteroatoms. The monoisotopic (exact) mass is 393 g/mol. The molecular formula is C18H19NO7S. The summed E-state index contributed by atoms with van der Waals surface area (Å²) >= 11 is 0.861. The Balaban J connectivity index is 2.11. The first-order chi connectivity index (χ1) is 12.9. The van der Waals surface area contributed by atoms with Crippen molar-refractivity contribution in [3.05, 3.63) is 45.8 Å². The van der Waals surface area contributed by atoms with Crippen LogP contribution in [0.3, 0.4) is 0 Å². The second-order valence-electron chi connectivity index (χ2n) is 5.35. The van der Waals surface area contributed by atoms with Gasteiger partial charge in [0, 0.05) is 5.56 Å². The van der Waals surface area contributed by atoms with E-state index in [1.807, 2.05) is 19.1 Å². The van der Waals surface area contributed by atoms with Crippen molar-refractivity contribution in [2.24, 2.45) is 0 Å². The van der Waals surface area contributed by atoms with Crippen LogP contribution in [-0.2, 0) is 25.6 Å². The van der Waals surface area contributed by atoms with Crippen LogP contribution in [0.15, 0.2) is 24.3 Å². The molecule has 0 saturated carbocycles. The molecule has 0 aliphatic carbocycles. The number of carbonyl (C=O) groups excluding carboxylic acids is 3. The lowest BCUT2D eigenvalue weighted by atomic mass is 10.1. The Bertz CT molecular complexity index is 859. The summed E-state index contributed by atoms with van der Waals surface area (Å²) in [4.78, 5) is 36.0. The summed E-state index contributed by atoms with van der Waals surface area (Å²) in [6.07, 6.45) is 0. The minimum Gasteiger partial charge on any atom is -0.482 e. The van der Waals surface area contributed by atoms with Gasteiger partial charge in [0.15, 0.2) is 6.61 Å². The third-order valence-electron chi connectivity index (χ3n) is 3.61. The van der Waals surface area contributed by atoms with Gasteiger partial charge in [-0.05, 0) is 18.6 Å². The summed E-state index contributed by atoms with van der Waals surface area (Å²) < 4.78 is 19.9. The van der Waals surface area contributed by atoms with Crippen LogP contribution in [0.25, 0.3) is 0 Å². The van der Waals surface area contributed by atoms with Gasteiger partial charge in [0.1, 0.15) is 27.8 Å². The minimum absolute atomic E-state index is 0.0180. The number of carbonyl (C=O) groups is 3. The van der Waals surface area contributed by atoms with Gasteiger partial charge in [0.25, 0.3) is 0 Å². The zero-order chi connectivity index (χ0) is 20.0. The molecule has 8 nitrogen and oxygen atoms in total. The molecule has 0 unspecified atom stereocenters. The smallest absolute Gasteiger partial charge is 0.348 e. The van der Waals surface area contributed by atoms with Crippen LogP contribution in [0.5, 0.6) is 5.75 Å². The van der Waals surface area contributed by atoms with Crippen LogP contribution in [-0.4, -0.2) is 38.7 Å². The van der Waals surface area contributed by atoms with Crippen LogP contribution in [0.1, 0.15) is 31.2 Å². The van der Waals surface area contributed by atoms with Crippen LogP contribution in [0.4, 0.5) is 5.00 Å². The second kappa shape index (κ2) is 9.04. The number of nitrogen functional groups attached to an aromatic ring is 1. The van der Waals surface area contributed by atoms with E-state index in [9.17, 15) is 14.4 Å². The van der Waals surface area contributed by atoms with E-state index in [0.29, 0.717) is 5.75 Å². The molecule has 0 fully saturated rings. The van der Waals surface area contributed by atoms with Crippen molar-refractivity contribution in [2.75, 3.05) is 26.6 Å². The number of rotatable bonds is 7. The number of esters is 3. The molecule has 1 heterocycles. The summed E-state index contributed by atoms with van der Waals surface area (Å²) in [7, 11) is 2.38. The Kier molecular flexibility index (Phi) is 6.78. The van der Waals surface area contributed by atoms with Crippen molar-refractivity contribution in [3.8, 4) is 5.75 Å². The van der Waals surface area contributed by atoms with Crippen molar-refractivity contribution < 1.29 is 33.3 Å². The first-order valence-corrected chi connectivity index (χ1v) is 8.62. The molecule has 144 valence electrons. The summed E-state index contributed by atoms with van der Waals surface area (Å²) in [6.45, 7) is 1.17. The molecule has 0 spiro atoms. The Morgan fingerprint density at radius 3 is 2.37 bits per heavy atom. The van der Waals surface area contributed by atoms with Crippen molar-refractivity contribution in [2.45, 2.75) is 13.5 Å². The highest BCUT2D eigenvalue weighted by Crippen LogP contribution is 2.33. The molecule has 2 aromatic rings. The Morgan fingerprint density at radius 2 is 1.74 bits per heavy atom. The first-order valence-electron chi connectivity index (χ1n) is 7.80. The van der Waals surface area contributed by atoms with Crippen LogP contribution in [0.2, 0.25) is 0 Å².